The number of benzene rings is 2. The van der Waals surface area contributed by atoms with E-state index >= 15 is 0 Å². The number of aliphatic hydroxyl groups is 1. The number of hydrogen-bond donors (Lipinski definition) is 1. The molecular weight excluding hydrogens is 446 g/mol. The maximum atomic E-state index is 12.8. The highest BCUT2D eigenvalue weighted by Gasteiger charge is 2.25. The van der Waals surface area contributed by atoms with Gasteiger partial charge in [0.1, 0.15) is 5.76 Å². The Morgan fingerprint density at radius 3 is 2.26 bits per heavy atom. The maximum absolute atomic E-state index is 12.8. The predicted octanol–water partition coefficient (Wildman–Crippen LogP) is 5.29. The first-order valence-corrected chi connectivity index (χ1v) is 12.1. The summed E-state index contributed by atoms with van der Waals surface area (Å²) in [5, 5.41) is 11.0. The lowest BCUT2D eigenvalue weighted by Gasteiger charge is -2.18. The van der Waals surface area contributed by atoms with Crippen LogP contribution in [0.15, 0.2) is 52.7 Å². The fourth-order valence-corrected chi connectivity index (χ4v) is 4.16. The van der Waals surface area contributed by atoms with E-state index in [1.807, 2.05) is 50.2 Å². The van der Waals surface area contributed by atoms with Crippen molar-refractivity contribution in [2.75, 3.05) is 34.0 Å². The maximum Gasteiger partial charge on any atom is 0.168 e. The number of nitrogens with zero attached hydrogens (tertiary/aromatic N) is 1. The highest BCUT2D eigenvalue weighted by atomic mass is 16.5. The van der Waals surface area contributed by atoms with Gasteiger partial charge in [-0.3, -0.25) is 9.79 Å². The van der Waals surface area contributed by atoms with Gasteiger partial charge in [-0.05, 0) is 68.5 Å². The number of carbonyl (C=O) groups excluding carboxylic acids is 1. The first-order chi connectivity index (χ1) is 17.0. The van der Waals surface area contributed by atoms with Crippen molar-refractivity contribution in [3.8, 4) is 23.0 Å². The number of hydrogen-bond acceptors (Lipinski definition) is 7. The van der Waals surface area contributed by atoms with Gasteiger partial charge in [0.25, 0.3) is 0 Å². The van der Waals surface area contributed by atoms with Crippen molar-refractivity contribution in [1.82, 2.24) is 0 Å². The van der Waals surface area contributed by atoms with Gasteiger partial charge in [-0.15, -0.1) is 0 Å². The number of aliphatic hydroxyl groups excluding tert-OH is 1. The van der Waals surface area contributed by atoms with Crippen LogP contribution in [0.2, 0.25) is 0 Å². The monoisotopic (exact) mass is 481 g/mol. The van der Waals surface area contributed by atoms with Crippen molar-refractivity contribution in [2.45, 2.75) is 46.0 Å². The molecule has 0 bridgehead atoms. The Kier molecular flexibility index (Phi) is 9.58. The minimum absolute atomic E-state index is 0.0474. The van der Waals surface area contributed by atoms with Crippen LogP contribution in [-0.2, 0) is 17.6 Å². The van der Waals surface area contributed by atoms with Crippen molar-refractivity contribution in [1.29, 1.82) is 0 Å². The number of methoxy groups -OCH3 is 2. The van der Waals surface area contributed by atoms with Crippen LogP contribution in [0.4, 0.5) is 0 Å². The molecule has 1 aliphatic rings. The smallest absolute Gasteiger partial charge is 0.168 e. The summed E-state index contributed by atoms with van der Waals surface area (Å²) >= 11 is 0. The Hall–Kier alpha value is -3.48. The van der Waals surface area contributed by atoms with Crippen LogP contribution in [0, 0.1) is 0 Å². The summed E-state index contributed by atoms with van der Waals surface area (Å²) in [6.07, 6.45) is 2.74. The Labute approximate surface area is 207 Å². The Balaban J connectivity index is 1.79. The Morgan fingerprint density at radius 1 is 0.886 bits per heavy atom. The Bertz CT molecular complexity index is 1090. The number of allylic oxidation sites excluding steroid dienone is 2. The van der Waals surface area contributed by atoms with E-state index in [1.54, 1.807) is 14.2 Å². The molecule has 188 valence electrons. The van der Waals surface area contributed by atoms with Crippen molar-refractivity contribution in [3.63, 3.8) is 0 Å². The summed E-state index contributed by atoms with van der Waals surface area (Å²) < 4.78 is 22.0. The standard InChI is InChI=1S/C28H35NO6/c1-5-34-25-13-11-20(18-27(25)35-6-2)16-23(31)28-21(8-7-9-22(28)30)29-15-14-19-10-12-24(32-3)26(17-19)33-4/h10-13,17-18,31H,5-9,14-16H2,1-4H3. The molecular formula is C28H35NO6. The number of Topliss-reactive ketones (excluding diaryl/α,β-unsaturated/α-hetero) is 1. The molecule has 0 aromatic heterocycles. The summed E-state index contributed by atoms with van der Waals surface area (Å²) in [4.78, 5) is 17.5. The second-order valence-electron chi connectivity index (χ2n) is 8.19. The van der Waals surface area contributed by atoms with E-state index in [2.05, 4.69) is 0 Å². The fourth-order valence-electron chi connectivity index (χ4n) is 4.16. The number of carbonyl (C=O) groups is 1. The van der Waals surface area contributed by atoms with Crippen LogP contribution in [-0.4, -0.2) is 50.6 Å². The van der Waals surface area contributed by atoms with Crippen LogP contribution in [0.1, 0.15) is 44.2 Å². The molecule has 7 nitrogen and oxygen atoms in total. The summed E-state index contributed by atoms with van der Waals surface area (Å²) in [7, 11) is 3.21. The topological polar surface area (TPSA) is 86.6 Å². The van der Waals surface area contributed by atoms with Gasteiger partial charge in [0, 0.05) is 25.1 Å². The molecule has 0 spiro atoms. The van der Waals surface area contributed by atoms with Crippen molar-refractivity contribution < 1.29 is 28.8 Å². The van der Waals surface area contributed by atoms with Gasteiger partial charge in [0.2, 0.25) is 0 Å². The highest BCUT2D eigenvalue weighted by Crippen LogP contribution is 2.31. The van der Waals surface area contributed by atoms with Gasteiger partial charge in [-0.2, -0.15) is 0 Å². The van der Waals surface area contributed by atoms with Crippen molar-refractivity contribution in [2.24, 2.45) is 4.99 Å². The average molecular weight is 482 g/mol. The summed E-state index contributed by atoms with van der Waals surface area (Å²) in [6.45, 7) is 5.37. The van der Waals surface area contributed by atoms with Crippen LogP contribution in [0.25, 0.3) is 0 Å². The normalized spacial score (nSPS) is 16.2. The van der Waals surface area contributed by atoms with E-state index in [-0.39, 0.29) is 18.0 Å². The van der Waals surface area contributed by atoms with Crippen LogP contribution >= 0.6 is 0 Å². The molecule has 7 heteroatoms. The number of ether oxygens (including phenoxy) is 4. The van der Waals surface area contributed by atoms with Gasteiger partial charge < -0.3 is 24.1 Å². The minimum atomic E-state index is -0.0606. The van der Waals surface area contributed by atoms with E-state index in [4.69, 9.17) is 23.9 Å². The second kappa shape index (κ2) is 12.8. The summed E-state index contributed by atoms with van der Waals surface area (Å²) in [5.74, 6) is 2.63. The second-order valence-corrected chi connectivity index (χ2v) is 8.19. The van der Waals surface area contributed by atoms with E-state index in [0.717, 1.165) is 17.5 Å². The van der Waals surface area contributed by atoms with Crippen molar-refractivity contribution in [3.05, 3.63) is 58.9 Å². The molecule has 1 aliphatic carbocycles. The van der Waals surface area contributed by atoms with Crippen LogP contribution in [0.5, 0.6) is 23.0 Å². The molecule has 0 saturated heterocycles. The quantitative estimate of drug-likeness (QED) is 0.347. The molecule has 1 saturated carbocycles. The molecule has 3 rings (SSSR count). The lowest BCUT2D eigenvalue weighted by molar-refractivity contribution is -0.115. The third-order valence-electron chi connectivity index (χ3n) is 5.80. The zero-order chi connectivity index (χ0) is 25.2. The lowest BCUT2D eigenvalue weighted by Crippen LogP contribution is -2.22. The molecule has 0 radical (unpaired) electrons. The van der Waals surface area contributed by atoms with Crippen LogP contribution < -0.4 is 18.9 Å². The van der Waals surface area contributed by atoms with E-state index in [9.17, 15) is 9.90 Å². The third kappa shape index (κ3) is 6.78. The molecule has 0 heterocycles. The van der Waals surface area contributed by atoms with Gasteiger partial charge in [0.15, 0.2) is 28.8 Å². The molecule has 0 unspecified atom stereocenters. The van der Waals surface area contributed by atoms with Gasteiger partial charge in [0.05, 0.1) is 33.0 Å². The van der Waals surface area contributed by atoms with E-state index in [0.29, 0.717) is 73.3 Å². The molecule has 2 aromatic rings. The largest absolute Gasteiger partial charge is 0.511 e. The molecule has 1 N–H and O–H groups in total. The lowest BCUT2D eigenvalue weighted by atomic mass is 9.89. The molecule has 1 fully saturated rings. The molecule has 0 atom stereocenters. The van der Waals surface area contributed by atoms with E-state index in [1.165, 1.54) is 0 Å². The first-order valence-electron chi connectivity index (χ1n) is 12.1. The zero-order valence-corrected chi connectivity index (χ0v) is 21.1. The molecule has 2 aromatic carbocycles. The van der Waals surface area contributed by atoms with E-state index < -0.39 is 0 Å². The average Bonchev–Trinajstić information content (AvgIpc) is 2.85. The number of ketones is 1. The molecule has 0 amide bonds. The zero-order valence-electron chi connectivity index (χ0n) is 21.1. The number of rotatable bonds is 11. The molecule has 0 aliphatic heterocycles. The summed E-state index contributed by atoms with van der Waals surface area (Å²) in [6, 6.07) is 11.3. The van der Waals surface area contributed by atoms with Gasteiger partial charge in [-0.25, -0.2) is 0 Å². The molecule has 35 heavy (non-hydrogen) atoms. The van der Waals surface area contributed by atoms with Gasteiger partial charge >= 0.3 is 0 Å². The highest BCUT2D eigenvalue weighted by molar-refractivity contribution is 6.24. The SMILES string of the molecule is CCOc1ccc(CC(O)=C2C(=O)CCCC2=NCCc2ccc(OC)c(OC)c2)cc1OCC. The number of aliphatic imine (C=N–C) groups is 1. The first kappa shape index (κ1) is 26.1. The van der Waals surface area contributed by atoms with Crippen LogP contribution in [0.3, 0.4) is 0 Å². The Morgan fingerprint density at radius 2 is 1.54 bits per heavy atom. The van der Waals surface area contributed by atoms with Gasteiger partial charge in [-0.1, -0.05) is 12.1 Å². The predicted molar refractivity (Wildman–Crippen MR) is 137 cm³/mol. The summed E-state index contributed by atoms with van der Waals surface area (Å²) in [5.41, 5.74) is 2.93. The van der Waals surface area contributed by atoms with Crippen molar-refractivity contribution >= 4 is 11.5 Å². The minimum Gasteiger partial charge on any atom is -0.511 e. The third-order valence-corrected chi connectivity index (χ3v) is 5.80. The fraction of sp³-hybridized carbons (Fsp3) is 0.429.